The van der Waals surface area contributed by atoms with Crippen LogP contribution in [0.5, 0.6) is 0 Å². The van der Waals surface area contributed by atoms with Crippen LogP contribution in [0.4, 0.5) is 0 Å². The van der Waals surface area contributed by atoms with Gasteiger partial charge in [0.15, 0.2) is 5.69 Å². The molecule has 4 nitrogen and oxygen atoms in total. The molecule has 0 bridgehead atoms. The van der Waals surface area contributed by atoms with Gasteiger partial charge in [-0.15, -0.1) is 0 Å². The Bertz CT molecular complexity index is 364. The fraction of sp³-hybridized carbons (Fsp3) is 0. The Kier molecular flexibility index (Phi) is 0.814. The Morgan fingerprint density at radius 3 is 3.30 bits per heavy atom. The number of hydrogen-bond acceptors (Lipinski definition) is 3. The van der Waals surface area contributed by atoms with Crippen LogP contribution in [0, 0.1) is 11.3 Å². The summed E-state index contributed by atoms with van der Waals surface area (Å²) in [5.41, 5.74) is 0.374. The van der Waals surface area contributed by atoms with Crippen molar-refractivity contribution in [1.29, 1.82) is 5.26 Å². The molecule has 0 N–H and O–H groups in total. The number of imidazole rings is 1. The molecule has 48 valence electrons. The van der Waals surface area contributed by atoms with Gasteiger partial charge in [0.25, 0.3) is 0 Å². The van der Waals surface area contributed by atoms with Crippen LogP contribution in [0.1, 0.15) is 5.69 Å². The number of fused-ring (bicyclic) bond motifs is 1. The summed E-state index contributed by atoms with van der Waals surface area (Å²) >= 11 is 0. The van der Waals surface area contributed by atoms with E-state index >= 15 is 0 Å². The Balaban J connectivity index is 2.81. The van der Waals surface area contributed by atoms with Gasteiger partial charge in [-0.25, -0.2) is 0 Å². The summed E-state index contributed by atoms with van der Waals surface area (Å²) in [6.45, 7) is 0. The van der Waals surface area contributed by atoms with Gasteiger partial charge in [-0.1, -0.05) is 0 Å². The van der Waals surface area contributed by atoms with Crippen molar-refractivity contribution in [3.8, 4) is 6.07 Å². The molecule has 0 aliphatic heterocycles. The van der Waals surface area contributed by atoms with E-state index in [-0.39, 0.29) is 0 Å². The zero-order valence-electron chi connectivity index (χ0n) is 4.98. The monoisotopic (exact) mass is 133 g/mol. The molecule has 0 atom stereocenters. The summed E-state index contributed by atoms with van der Waals surface area (Å²) < 4.78 is 6.55. The molecular formula is C6H3N3O. The smallest absolute Gasteiger partial charge is 0.306 e. The molecule has 2 heterocycles. The van der Waals surface area contributed by atoms with Gasteiger partial charge in [0.1, 0.15) is 12.3 Å². The Labute approximate surface area is 56.3 Å². The molecule has 0 aliphatic rings. The highest BCUT2D eigenvalue weighted by Crippen LogP contribution is 2.03. The molecule has 4 heteroatoms. The van der Waals surface area contributed by atoms with E-state index < -0.39 is 0 Å². The number of oxazole rings is 1. The molecule has 0 spiro atoms. The molecule has 0 saturated carbocycles. The topological polar surface area (TPSA) is 54.2 Å². The Morgan fingerprint density at radius 1 is 1.70 bits per heavy atom. The Hall–Kier alpha value is -1.76. The van der Waals surface area contributed by atoms with Gasteiger partial charge in [-0.05, 0) is 0 Å². The van der Waals surface area contributed by atoms with Crippen LogP contribution in [0.25, 0.3) is 5.84 Å². The Morgan fingerprint density at radius 2 is 2.60 bits per heavy atom. The molecule has 10 heavy (non-hydrogen) atoms. The third kappa shape index (κ3) is 0.515. The highest BCUT2D eigenvalue weighted by Gasteiger charge is 2.00. The molecule has 0 aromatic carbocycles. The summed E-state index contributed by atoms with van der Waals surface area (Å²) in [7, 11) is 0. The minimum atomic E-state index is 0.374. The van der Waals surface area contributed by atoms with Crippen LogP contribution in [-0.4, -0.2) is 9.38 Å². The highest BCUT2D eigenvalue weighted by atomic mass is 16.3. The summed E-state index contributed by atoms with van der Waals surface area (Å²) in [5, 5.41) is 8.39. The number of rotatable bonds is 0. The van der Waals surface area contributed by atoms with Gasteiger partial charge < -0.3 is 4.42 Å². The van der Waals surface area contributed by atoms with Crippen molar-refractivity contribution >= 4 is 5.84 Å². The van der Waals surface area contributed by atoms with E-state index in [9.17, 15) is 0 Å². The lowest BCUT2D eigenvalue weighted by Gasteiger charge is -1.69. The average molecular weight is 133 g/mol. The molecule has 0 fully saturated rings. The maximum absolute atomic E-state index is 8.39. The van der Waals surface area contributed by atoms with Gasteiger partial charge in [0.05, 0.1) is 6.20 Å². The van der Waals surface area contributed by atoms with Crippen LogP contribution in [0.3, 0.4) is 0 Å². The molecule has 0 aliphatic carbocycles. The van der Waals surface area contributed by atoms with Crippen LogP contribution >= 0.6 is 0 Å². The molecule has 0 unspecified atom stereocenters. The first-order chi connectivity index (χ1) is 4.90. The predicted octanol–water partition coefficient (Wildman–Crippen LogP) is 0.799. The van der Waals surface area contributed by atoms with Crippen molar-refractivity contribution in [2.75, 3.05) is 0 Å². The van der Waals surface area contributed by atoms with Crippen molar-refractivity contribution in [3.63, 3.8) is 0 Å². The van der Waals surface area contributed by atoms with Gasteiger partial charge in [0, 0.05) is 6.20 Å². The lowest BCUT2D eigenvalue weighted by molar-refractivity contribution is 0.595. The maximum Gasteiger partial charge on any atom is 0.306 e. The van der Waals surface area contributed by atoms with Crippen LogP contribution < -0.4 is 0 Å². The second-order valence-corrected chi connectivity index (χ2v) is 1.83. The molecule has 0 amide bonds. The third-order valence-electron chi connectivity index (χ3n) is 1.21. The fourth-order valence-electron chi connectivity index (χ4n) is 0.781. The molecule has 2 aromatic rings. The first-order valence-corrected chi connectivity index (χ1v) is 2.72. The van der Waals surface area contributed by atoms with E-state index in [1.165, 1.54) is 6.26 Å². The lowest BCUT2D eigenvalue weighted by atomic mass is 10.5. The number of nitriles is 1. The van der Waals surface area contributed by atoms with Gasteiger partial charge in [-0.2, -0.15) is 10.2 Å². The largest absolute Gasteiger partial charge is 0.432 e. The van der Waals surface area contributed by atoms with Crippen LogP contribution in [-0.2, 0) is 0 Å². The van der Waals surface area contributed by atoms with Gasteiger partial charge >= 0.3 is 5.84 Å². The zero-order chi connectivity index (χ0) is 6.97. The average Bonchev–Trinajstić information content (AvgIpc) is 2.42. The molecule has 2 aromatic heterocycles. The van der Waals surface area contributed by atoms with E-state index in [0.29, 0.717) is 11.5 Å². The first-order valence-electron chi connectivity index (χ1n) is 2.72. The van der Waals surface area contributed by atoms with E-state index in [1.807, 2.05) is 6.07 Å². The fourth-order valence-corrected chi connectivity index (χ4v) is 0.781. The van der Waals surface area contributed by atoms with Crippen molar-refractivity contribution in [2.45, 2.75) is 0 Å². The second-order valence-electron chi connectivity index (χ2n) is 1.83. The second kappa shape index (κ2) is 1.61. The normalized spacial score (nSPS) is 9.90. The number of aromatic nitrogens is 2. The lowest BCUT2D eigenvalue weighted by Crippen LogP contribution is -1.67. The summed E-state index contributed by atoms with van der Waals surface area (Å²) in [5.74, 6) is 0.455. The molecular weight excluding hydrogens is 130 g/mol. The van der Waals surface area contributed by atoms with Crippen molar-refractivity contribution in [3.05, 3.63) is 24.4 Å². The summed E-state index contributed by atoms with van der Waals surface area (Å²) in [6.07, 6.45) is 4.82. The van der Waals surface area contributed by atoms with Crippen molar-refractivity contribution in [2.24, 2.45) is 0 Å². The zero-order valence-corrected chi connectivity index (χ0v) is 4.98. The van der Waals surface area contributed by atoms with Gasteiger partial charge in [0.2, 0.25) is 0 Å². The molecule has 0 saturated heterocycles. The van der Waals surface area contributed by atoms with Crippen LogP contribution in [0.2, 0.25) is 0 Å². The molecule has 0 radical (unpaired) electrons. The number of hydrogen-bond donors (Lipinski definition) is 0. The van der Waals surface area contributed by atoms with Crippen molar-refractivity contribution < 1.29 is 4.42 Å². The third-order valence-corrected chi connectivity index (χ3v) is 1.21. The highest BCUT2D eigenvalue weighted by molar-refractivity contribution is 5.31. The minimum Gasteiger partial charge on any atom is -0.432 e. The first kappa shape index (κ1) is 5.06. The van der Waals surface area contributed by atoms with E-state index in [0.717, 1.165) is 0 Å². The standard InChI is InChI=1S/C6H3N3O/c7-3-5-4-9-1-2-10-6(9)8-5/h1-2,4H. The minimum absolute atomic E-state index is 0.374. The predicted molar refractivity (Wildman–Crippen MR) is 32.2 cm³/mol. The van der Waals surface area contributed by atoms with Crippen LogP contribution in [0.15, 0.2) is 23.1 Å². The number of nitrogens with zero attached hydrogens (tertiary/aromatic N) is 3. The van der Waals surface area contributed by atoms with E-state index in [4.69, 9.17) is 9.68 Å². The quantitative estimate of drug-likeness (QED) is 0.534. The van der Waals surface area contributed by atoms with Gasteiger partial charge in [-0.3, -0.25) is 4.40 Å². The molecule has 2 rings (SSSR count). The SMILES string of the molecule is N#Cc1cn2ccoc2n1. The summed E-state index contributed by atoms with van der Waals surface area (Å²) in [6, 6.07) is 1.91. The maximum atomic E-state index is 8.39. The van der Waals surface area contributed by atoms with E-state index in [2.05, 4.69) is 4.98 Å². The van der Waals surface area contributed by atoms with E-state index in [1.54, 1.807) is 16.8 Å². The summed E-state index contributed by atoms with van der Waals surface area (Å²) in [4.78, 5) is 3.83. The van der Waals surface area contributed by atoms with Crippen molar-refractivity contribution in [1.82, 2.24) is 9.38 Å².